The van der Waals surface area contributed by atoms with Crippen LogP contribution in [0, 0.1) is 12.8 Å². The number of carbonyl (C=O) groups excluding carboxylic acids is 1. The molecule has 1 aromatic carbocycles. The smallest absolute Gasteiger partial charge is 0.335 e. The molecule has 0 spiro atoms. The molecule has 1 saturated carbocycles. The van der Waals surface area contributed by atoms with Gasteiger partial charge in [0.25, 0.3) is 0 Å². The summed E-state index contributed by atoms with van der Waals surface area (Å²) < 4.78 is 0. The molecule has 2 aromatic rings. The number of aromatic nitrogens is 1. The number of thiazole rings is 1. The van der Waals surface area contributed by atoms with Crippen LogP contribution in [-0.4, -0.2) is 22.0 Å². The van der Waals surface area contributed by atoms with E-state index in [1.54, 1.807) is 35.6 Å². The van der Waals surface area contributed by atoms with E-state index in [9.17, 15) is 14.7 Å². The predicted octanol–water partition coefficient (Wildman–Crippen LogP) is 3.35. The number of carbonyl (C=O) groups is 2. The minimum absolute atomic E-state index is 0.00841. The first-order valence-electron chi connectivity index (χ1n) is 8.07. The van der Waals surface area contributed by atoms with Gasteiger partial charge in [-0.3, -0.25) is 4.79 Å². The molecule has 3 rings (SSSR count). The Morgan fingerprint density at radius 3 is 2.75 bits per heavy atom. The summed E-state index contributed by atoms with van der Waals surface area (Å²) in [5.74, 6) is -0.536. The number of hydrogen-bond donors (Lipinski definition) is 2. The van der Waals surface area contributed by atoms with E-state index in [-0.39, 0.29) is 23.9 Å². The summed E-state index contributed by atoms with van der Waals surface area (Å²) in [5.41, 5.74) is 1.93. The zero-order valence-electron chi connectivity index (χ0n) is 13.5. The second-order valence-electron chi connectivity index (χ2n) is 6.17. The number of nitrogens with one attached hydrogen (secondary N) is 1. The molecule has 24 heavy (non-hydrogen) atoms. The first-order chi connectivity index (χ1) is 11.5. The number of aromatic carboxylic acids is 1. The summed E-state index contributed by atoms with van der Waals surface area (Å²) >= 11 is 1.59. The van der Waals surface area contributed by atoms with Gasteiger partial charge in [0.05, 0.1) is 11.6 Å². The van der Waals surface area contributed by atoms with Gasteiger partial charge in [-0.25, -0.2) is 9.78 Å². The average molecular weight is 344 g/mol. The molecule has 1 heterocycles. The maximum atomic E-state index is 12.3. The minimum Gasteiger partial charge on any atom is -0.478 e. The molecule has 126 valence electrons. The van der Waals surface area contributed by atoms with Crippen LogP contribution >= 0.6 is 11.3 Å². The Labute approximate surface area is 144 Å². The van der Waals surface area contributed by atoms with Gasteiger partial charge in [0.2, 0.25) is 5.91 Å². The first-order valence-corrected chi connectivity index (χ1v) is 8.95. The van der Waals surface area contributed by atoms with Gasteiger partial charge in [-0.05, 0) is 43.7 Å². The van der Waals surface area contributed by atoms with Crippen LogP contribution in [0.15, 0.2) is 29.6 Å². The summed E-state index contributed by atoms with van der Waals surface area (Å²) in [6.45, 7) is 1.95. The van der Waals surface area contributed by atoms with E-state index in [0.717, 1.165) is 23.5 Å². The van der Waals surface area contributed by atoms with E-state index < -0.39 is 5.97 Å². The van der Waals surface area contributed by atoms with Crippen LogP contribution in [0.4, 0.5) is 0 Å². The zero-order chi connectivity index (χ0) is 17.1. The molecule has 1 aliphatic rings. The van der Waals surface area contributed by atoms with Gasteiger partial charge in [0.15, 0.2) is 0 Å². The molecule has 0 radical (unpaired) electrons. The Bertz CT molecular complexity index is 752. The second-order valence-corrected chi connectivity index (χ2v) is 7.06. The van der Waals surface area contributed by atoms with Gasteiger partial charge < -0.3 is 10.4 Å². The number of amides is 1. The lowest BCUT2D eigenvalue weighted by Gasteiger charge is -2.16. The van der Waals surface area contributed by atoms with E-state index in [1.807, 2.05) is 12.3 Å². The number of benzene rings is 1. The Kier molecular flexibility index (Phi) is 4.94. The third-order valence-electron chi connectivity index (χ3n) is 4.18. The van der Waals surface area contributed by atoms with Crippen molar-refractivity contribution in [3.05, 3.63) is 51.5 Å². The van der Waals surface area contributed by atoms with Crippen LogP contribution in [0.2, 0.25) is 0 Å². The largest absolute Gasteiger partial charge is 0.478 e. The SMILES string of the molecule is Cc1csc(C(NC(=O)CCc2ccccc2C(=O)O)C2CC2)n1. The second kappa shape index (κ2) is 7.13. The molecule has 0 bridgehead atoms. The van der Waals surface area contributed by atoms with Crippen molar-refractivity contribution < 1.29 is 14.7 Å². The van der Waals surface area contributed by atoms with Crippen molar-refractivity contribution in [2.45, 2.75) is 38.6 Å². The maximum absolute atomic E-state index is 12.3. The molecule has 0 aliphatic heterocycles. The molecular formula is C18H20N2O3S. The van der Waals surface area contributed by atoms with Crippen LogP contribution in [0.3, 0.4) is 0 Å². The highest BCUT2D eigenvalue weighted by Crippen LogP contribution is 2.41. The Morgan fingerprint density at radius 2 is 2.12 bits per heavy atom. The third-order valence-corrected chi connectivity index (χ3v) is 5.23. The highest BCUT2D eigenvalue weighted by atomic mass is 32.1. The van der Waals surface area contributed by atoms with E-state index in [1.165, 1.54) is 0 Å². The fraction of sp³-hybridized carbons (Fsp3) is 0.389. The van der Waals surface area contributed by atoms with Crippen LogP contribution in [-0.2, 0) is 11.2 Å². The molecule has 1 unspecified atom stereocenters. The van der Waals surface area contributed by atoms with Crippen LogP contribution < -0.4 is 5.32 Å². The van der Waals surface area contributed by atoms with E-state index >= 15 is 0 Å². The molecule has 5 nitrogen and oxygen atoms in total. The van der Waals surface area contributed by atoms with Crippen molar-refractivity contribution in [3.63, 3.8) is 0 Å². The molecule has 1 fully saturated rings. The first kappa shape index (κ1) is 16.6. The van der Waals surface area contributed by atoms with Gasteiger partial charge in [0, 0.05) is 17.5 Å². The van der Waals surface area contributed by atoms with E-state index in [4.69, 9.17) is 0 Å². The number of hydrogen-bond acceptors (Lipinski definition) is 4. The van der Waals surface area contributed by atoms with Crippen molar-refractivity contribution >= 4 is 23.2 Å². The molecule has 1 atom stereocenters. The Hall–Kier alpha value is -2.21. The number of rotatable bonds is 7. The van der Waals surface area contributed by atoms with Crippen LogP contribution in [0.5, 0.6) is 0 Å². The highest BCUT2D eigenvalue weighted by molar-refractivity contribution is 7.09. The predicted molar refractivity (Wildman–Crippen MR) is 92.2 cm³/mol. The number of nitrogens with zero attached hydrogens (tertiary/aromatic N) is 1. The molecule has 2 N–H and O–H groups in total. The van der Waals surface area contributed by atoms with Gasteiger partial charge in [-0.15, -0.1) is 11.3 Å². The van der Waals surface area contributed by atoms with Crippen molar-refractivity contribution in [2.75, 3.05) is 0 Å². The lowest BCUT2D eigenvalue weighted by atomic mass is 10.0. The topological polar surface area (TPSA) is 79.3 Å². The van der Waals surface area contributed by atoms with E-state index in [2.05, 4.69) is 10.3 Å². The maximum Gasteiger partial charge on any atom is 0.335 e. The summed E-state index contributed by atoms with van der Waals surface area (Å²) in [4.78, 5) is 28.1. The van der Waals surface area contributed by atoms with Crippen molar-refractivity contribution in [1.29, 1.82) is 0 Å². The minimum atomic E-state index is -0.958. The quantitative estimate of drug-likeness (QED) is 0.807. The van der Waals surface area contributed by atoms with E-state index in [0.29, 0.717) is 17.9 Å². The molecule has 1 amide bonds. The van der Waals surface area contributed by atoms with Gasteiger partial charge >= 0.3 is 5.97 Å². The summed E-state index contributed by atoms with van der Waals surface area (Å²) in [6.07, 6.45) is 2.93. The summed E-state index contributed by atoms with van der Waals surface area (Å²) in [7, 11) is 0. The van der Waals surface area contributed by atoms with Crippen molar-refractivity contribution in [2.24, 2.45) is 5.92 Å². The molecule has 6 heteroatoms. The monoisotopic (exact) mass is 344 g/mol. The average Bonchev–Trinajstić information content (AvgIpc) is 3.32. The Balaban J connectivity index is 1.62. The van der Waals surface area contributed by atoms with Crippen LogP contribution in [0.1, 0.15) is 51.9 Å². The Morgan fingerprint density at radius 1 is 1.38 bits per heavy atom. The lowest BCUT2D eigenvalue weighted by molar-refractivity contribution is -0.122. The summed E-state index contributed by atoms with van der Waals surface area (Å²) in [6, 6.07) is 6.82. The zero-order valence-corrected chi connectivity index (χ0v) is 14.3. The molecule has 1 aromatic heterocycles. The fourth-order valence-corrected chi connectivity index (χ4v) is 3.71. The highest BCUT2D eigenvalue weighted by Gasteiger charge is 2.35. The summed E-state index contributed by atoms with van der Waals surface area (Å²) in [5, 5.41) is 15.3. The van der Waals surface area contributed by atoms with Crippen LogP contribution in [0.25, 0.3) is 0 Å². The van der Waals surface area contributed by atoms with Gasteiger partial charge in [-0.1, -0.05) is 18.2 Å². The normalized spacial score (nSPS) is 15.0. The fourth-order valence-electron chi connectivity index (χ4n) is 2.77. The lowest BCUT2D eigenvalue weighted by Crippen LogP contribution is -2.30. The standard InChI is InChI=1S/C18H20N2O3S/c1-11-10-24-17(19-11)16(13-6-7-13)20-15(21)9-8-12-4-2-3-5-14(12)18(22)23/h2-5,10,13,16H,6-9H2,1H3,(H,20,21)(H,22,23). The molecule has 1 aliphatic carbocycles. The molecular weight excluding hydrogens is 324 g/mol. The molecule has 0 saturated heterocycles. The van der Waals surface area contributed by atoms with Gasteiger partial charge in [-0.2, -0.15) is 0 Å². The number of carboxylic acid groups (broad SMARTS) is 1. The van der Waals surface area contributed by atoms with Gasteiger partial charge in [0.1, 0.15) is 5.01 Å². The van der Waals surface area contributed by atoms with Crippen molar-refractivity contribution in [1.82, 2.24) is 10.3 Å². The third kappa shape index (κ3) is 4.00. The number of carboxylic acids is 1. The number of aryl methyl sites for hydroxylation is 2. The van der Waals surface area contributed by atoms with Crippen molar-refractivity contribution in [3.8, 4) is 0 Å².